The predicted octanol–water partition coefficient (Wildman–Crippen LogP) is 5.44. The largest absolute Gasteiger partial charge is 0.289 e. The zero-order chi connectivity index (χ0) is 14.1. The molecule has 0 heterocycles. The zero-order valence-electron chi connectivity index (χ0n) is 10.9. The molecule has 0 atom stereocenters. The molecule has 1 aliphatic carbocycles. The summed E-state index contributed by atoms with van der Waals surface area (Å²) < 4.78 is 0.945. The van der Waals surface area contributed by atoms with Gasteiger partial charge in [0, 0.05) is 19.7 Å². The van der Waals surface area contributed by atoms with Gasteiger partial charge in [0.1, 0.15) is 0 Å². The average molecular weight is 397 g/mol. The van der Waals surface area contributed by atoms with E-state index < -0.39 is 0 Å². The number of ketones is 1. The van der Waals surface area contributed by atoms with E-state index in [4.69, 9.17) is 11.6 Å². The second-order valence-corrected chi connectivity index (χ2v) is 6.77. The smallest absolute Gasteiger partial charge is 0.194 e. The van der Waals surface area contributed by atoms with Gasteiger partial charge in [-0.3, -0.25) is 4.79 Å². The lowest BCUT2D eigenvalue weighted by molar-refractivity contribution is 0.103. The average Bonchev–Trinajstić information content (AvgIpc) is 2.39. The highest BCUT2D eigenvalue weighted by Crippen LogP contribution is 2.38. The summed E-state index contributed by atoms with van der Waals surface area (Å²) in [6.07, 6.45) is 3.65. The Labute approximate surface area is 137 Å². The van der Waals surface area contributed by atoms with Gasteiger partial charge in [-0.15, -0.1) is 0 Å². The third kappa shape index (κ3) is 2.63. The van der Waals surface area contributed by atoms with E-state index >= 15 is 0 Å². The summed E-state index contributed by atoms with van der Waals surface area (Å²) in [5, 5.41) is 0.606. The molecule has 0 aromatic heterocycles. The fraction of sp³-hybridized carbons (Fsp3) is 0.235. The standard InChI is InChI=1S/C17H14ClIO/c18-12-8-9-16(19)15(10-12)17(20)14-7-2-1-6-13(14)11-4-3-5-11/h1-2,6-11H,3-5H2. The molecule has 3 rings (SSSR count). The van der Waals surface area contributed by atoms with Crippen molar-refractivity contribution in [2.75, 3.05) is 0 Å². The van der Waals surface area contributed by atoms with E-state index in [2.05, 4.69) is 28.7 Å². The Bertz CT molecular complexity index is 662. The first kappa shape index (κ1) is 14.1. The summed E-state index contributed by atoms with van der Waals surface area (Å²) in [5.74, 6) is 0.631. The molecule has 0 spiro atoms. The Hall–Kier alpha value is -0.870. The van der Waals surface area contributed by atoms with E-state index in [9.17, 15) is 4.79 Å². The molecule has 1 aliphatic rings. The van der Waals surface area contributed by atoms with Crippen molar-refractivity contribution in [1.29, 1.82) is 0 Å². The predicted molar refractivity (Wildman–Crippen MR) is 90.6 cm³/mol. The molecule has 0 bridgehead atoms. The third-order valence-electron chi connectivity index (χ3n) is 3.92. The Morgan fingerprint density at radius 3 is 2.55 bits per heavy atom. The summed E-state index contributed by atoms with van der Waals surface area (Å²) in [6, 6.07) is 13.5. The molecule has 0 radical (unpaired) electrons. The number of halogens is 2. The molecule has 0 aliphatic heterocycles. The van der Waals surface area contributed by atoms with E-state index in [1.807, 2.05) is 30.3 Å². The quantitative estimate of drug-likeness (QED) is 0.498. The third-order valence-corrected chi connectivity index (χ3v) is 5.10. The van der Waals surface area contributed by atoms with Gasteiger partial charge in [0.15, 0.2) is 5.78 Å². The Balaban J connectivity index is 2.04. The minimum absolute atomic E-state index is 0.0828. The monoisotopic (exact) mass is 396 g/mol. The molecule has 20 heavy (non-hydrogen) atoms. The topological polar surface area (TPSA) is 17.1 Å². The fourth-order valence-electron chi connectivity index (χ4n) is 2.60. The van der Waals surface area contributed by atoms with Crippen LogP contribution in [0.4, 0.5) is 0 Å². The molecular formula is C17H14ClIO. The van der Waals surface area contributed by atoms with Crippen molar-refractivity contribution in [1.82, 2.24) is 0 Å². The minimum atomic E-state index is 0.0828. The van der Waals surface area contributed by atoms with Crippen LogP contribution in [0.5, 0.6) is 0 Å². The molecule has 0 saturated heterocycles. The van der Waals surface area contributed by atoms with Crippen LogP contribution < -0.4 is 0 Å². The van der Waals surface area contributed by atoms with E-state index in [-0.39, 0.29) is 5.78 Å². The Morgan fingerprint density at radius 1 is 1.10 bits per heavy atom. The van der Waals surface area contributed by atoms with Crippen LogP contribution in [-0.4, -0.2) is 5.78 Å². The summed E-state index contributed by atoms with van der Waals surface area (Å²) in [4.78, 5) is 12.8. The lowest BCUT2D eigenvalue weighted by atomic mass is 9.77. The van der Waals surface area contributed by atoms with Crippen LogP contribution in [-0.2, 0) is 0 Å². The van der Waals surface area contributed by atoms with Crippen molar-refractivity contribution < 1.29 is 4.79 Å². The second-order valence-electron chi connectivity index (χ2n) is 5.17. The van der Waals surface area contributed by atoms with Crippen molar-refractivity contribution in [2.45, 2.75) is 25.2 Å². The van der Waals surface area contributed by atoms with Crippen LogP contribution in [0.1, 0.15) is 46.7 Å². The van der Waals surface area contributed by atoms with Crippen molar-refractivity contribution in [3.63, 3.8) is 0 Å². The van der Waals surface area contributed by atoms with Gasteiger partial charge < -0.3 is 0 Å². The first-order valence-corrected chi connectivity index (χ1v) is 8.21. The second kappa shape index (κ2) is 5.86. The highest BCUT2D eigenvalue weighted by Gasteiger charge is 2.25. The maximum Gasteiger partial charge on any atom is 0.194 e. The molecule has 3 heteroatoms. The lowest BCUT2D eigenvalue weighted by Gasteiger charge is -2.27. The van der Waals surface area contributed by atoms with Crippen molar-refractivity contribution in [3.05, 3.63) is 67.7 Å². The van der Waals surface area contributed by atoms with Crippen LogP contribution in [0.3, 0.4) is 0 Å². The van der Waals surface area contributed by atoms with Crippen molar-refractivity contribution >= 4 is 40.0 Å². The number of hydrogen-bond acceptors (Lipinski definition) is 1. The first-order chi connectivity index (χ1) is 9.66. The maximum absolute atomic E-state index is 12.8. The summed E-state index contributed by atoms with van der Waals surface area (Å²) in [7, 11) is 0. The molecule has 0 unspecified atom stereocenters. The number of rotatable bonds is 3. The van der Waals surface area contributed by atoms with Gasteiger partial charge in [-0.1, -0.05) is 42.3 Å². The van der Waals surface area contributed by atoms with Gasteiger partial charge in [0.05, 0.1) is 0 Å². The summed E-state index contributed by atoms with van der Waals surface area (Å²) in [6.45, 7) is 0. The van der Waals surface area contributed by atoms with Crippen LogP contribution in [0.15, 0.2) is 42.5 Å². The molecule has 1 nitrogen and oxygen atoms in total. The van der Waals surface area contributed by atoms with Crippen molar-refractivity contribution in [3.8, 4) is 0 Å². The van der Waals surface area contributed by atoms with Gasteiger partial charge in [-0.05, 0) is 65.1 Å². The molecule has 1 fully saturated rings. The lowest BCUT2D eigenvalue weighted by Crippen LogP contribution is -2.15. The van der Waals surface area contributed by atoms with E-state index in [0.717, 1.165) is 9.13 Å². The van der Waals surface area contributed by atoms with E-state index in [1.54, 1.807) is 6.07 Å². The number of carbonyl (C=O) groups is 1. The van der Waals surface area contributed by atoms with Gasteiger partial charge in [-0.2, -0.15) is 0 Å². The highest BCUT2D eigenvalue weighted by atomic mass is 127. The Morgan fingerprint density at radius 2 is 1.85 bits per heavy atom. The molecule has 1 saturated carbocycles. The van der Waals surface area contributed by atoms with Gasteiger partial charge in [0.25, 0.3) is 0 Å². The number of hydrogen-bond donors (Lipinski definition) is 0. The molecule has 102 valence electrons. The SMILES string of the molecule is O=C(c1cc(Cl)ccc1I)c1ccccc1C1CCC1. The van der Waals surface area contributed by atoms with E-state index in [1.165, 1.54) is 24.8 Å². The molecule has 0 amide bonds. The van der Waals surface area contributed by atoms with Gasteiger partial charge in [0.2, 0.25) is 0 Å². The maximum atomic E-state index is 12.8. The highest BCUT2D eigenvalue weighted by molar-refractivity contribution is 14.1. The Kier molecular flexibility index (Phi) is 4.13. The normalized spacial score (nSPS) is 14.9. The van der Waals surface area contributed by atoms with E-state index in [0.29, 0.717) is 16.5 Å². The minimum Gasteiger partial charge on any atom is -0.289 e. The van der Waals surface area contributed by atoms with Crippen LogP contribution in [0, 0.1) is 3.57 Å². The van der Waals surface area contributed by atoms with Crippen LogP contribution >= 0.6 is 34.2 Å². The number of benzene rings is 2. The van der Waals surface area contributed by atoms with Crippen LogP contribution in [0.2, 0.25) is 5.02 Å². The molecular weight excluding hydrogens is 383 g/mol. The first-order valence-electron chi connectivity index (χ1n) is 6.75. The van der Waals surface area contributed by atoms with Gasteiger partial charge in [-0.25, -0.2) is 0 Å². The molecule has 2 aromatic rings. The van der Waals surface area contributed by atoms with Crippen LogP contribution in [0.25, 0.3) is 0 Å². The fourth-order valence-corrected chi connectivity index (χ4v) is 3.35. The summed E-state index contributed by atoms with van der Waals surface area (Å²) >= 11 is 8.23. The molecule has 2 aromatic carbocycles. The summed E-state index contributed by atoms with van der Waals surface area (Å²) in [5.41, 5.74) is 2.72. The number of carbonyl (C=O) groups excluding carboxylic acids is 1. The van der Waals surface area contributed by atoms with Gasteiger partial charge >= 0.3 is 0 Å². The zero-order valence-corrected chi connectivity index (χ0v) is 13.8. The molecule has 0 N–H and O–H groups in total. The van der Waals surface area contributed by atoms with Crippen molar-refractivity contribution in [2.24, 2.45) is 0 Å².